The van der Waals surface area contributed by atoms with E-state index in [1.165, 1.54) is 5.56 Å². The summed E-state index contributed by atoms with van der Waals surface area (Å²) in [4.78, 5) is 0. The summed E-state index contributed by atoms with van der Waals surface area (Å²) in [5.74, 6) is 0.928. The van der Waals surface area contributed by atoms with Crippen molar-refractivity contribution in [1.82, 2.24) is 5.32 Å². The van der Waals surface area contributed by atoms with Crippen molar-refractivity contribution < 1.29 is 4.74 Å². The molecule has 3 nitrogen and oxygen atoms in total. The maximum absolute atomic E-state index is 5.70. The Morgan fingerprint density at radius 3 is 2.53 bits per heavy atom. The van der Waals surface area contributed by atoms with Crippen LogP contribution in [0.3, 0.4) is 0 Å². The minimum atomic E-state index is 0.0954. The molecule has 0 amide bonds. The Hall–Kier alpha value is -1.06. The molecule has 0 saturated carbocycles. The second-order valence-electron chi connectivity index (χ2n) is 4.99. The Morgan fingerprint density at radius 1 is 1.35 bits per heavy atom. The van der Waals surface area contributed by atoms with E-state index < -0.39 is 0 Å². The lowest BCUT2D eigenvalue weighted by atomic mass is 9.77. The smallest absolute Gasteiger partial charge is 0.123 e. The third-order valence-corrected chi connectivity index (χ3v) is 3.31. The summed E-state index contributed by atoms with van der Waals surface area (Å²) in [5, 5.41) is 3.38. The molecule has 0 bridgehead atoms. The molecule has 1 unspecified atom stereocenters. The lowest BCUT2D eigenvalue weighted by Crippen LogP contribution is -2.34. The van der Waals surface area contributed by atoms with Gasteiger partial charge in [0, 0.05) is 11.6 Å². The lowest BCUT2D eigenvalue weighted by Gasteiger charge is -2.35. The van der Waals surface area contributed by atoms with E-state index >= 15 is 0 Å². The zero-order valence-corrected chi connectivity index (χ0v) is 11.3. The third kappa shape index (κ3) is 3.20. The molecule has 0 aliphatic rings. The third-order valence-electron chi connectivity index (χ3n) is 3.31. The number of hydrogen-bond acceptors (Lipinski definition) is 3. The molecular weight excluding hydrogens is 212 g/mol. The predicted octanol–water partition coefficient (Wildman–Crippen LogP) is 2.33. The number of rotatable bonds is 6. The molecule has 3 N–H and O–H groups in total. The maximum Gasteiger partial charge on any atom is 0.123 e. The Balaban J connectivity index is 3.08. The van der Waals surface area contributed by atoms with Crippen LogP contribution in [0.15, 0.2) is 24.3 Å². The summed E-state index contributed by atoms with van der Waals surface area (Å²) < 4.78 is 5.43. The minimum absolute atomic E-state index is 0.0954. The number of benzene rings is 1. The molecule has 0 fully saturated rings. The summed E-state index contributed by atoms with van der Waals surface area (Å²) in [5.41, 5.74) is 6.98. The minimum Gasteiger partial charge on any atom is -0.496 e. The molecule has 0 radical (unpaired) electrons. The number of methoxy groups -OCH3 is 1. The molecule has 1 rings (SSSR count). The molecule has 1 atom stereocenters. The van der Waals surface area contributed by atoms with Gasteiger partial charge in [0.2, 0.25) is 0 Å². The summed E-state index contributed by atoms with van der Waals surface area (Å²) in [6.45, 7) is 5.15. The molecule has 0 heterocycles. The molecule has 3 heteroatoms. The van der Waals surface area contributed by atoms with E-state index in [2.05, 4.69) is 25.2 Å². The Kier molecular flexibility index (Phi) is 4.97. The van der Waals surface area contributed by atoms with Crippen LogP contribution in [0.2, 0.25) is 0 Å². The van der Waals surface area contributed by atoms with Gasteiger partial charge in [-0.15, -0.1) is 0 Å². The number of nitrogens with two attached hydrogens (primary N) is 1. The Bertz CT molecular complexity index is 350. The molecule has 0 aliphatic heterocycles. The zero-order valence-electron chi connectivity index (χ0n) is 11.3. The van der Waals surface area contributed by atoms with Crippen LogP contribution in [0, 0.1) is 5.41 Å². The van der Waals surface area contributed by atoms with Crippen LogP contribution in [-0.2, 0) is 0 Å². The van der Waals surface area contributed by atoms with Crippen molar-refractivity contribution in [2.75, 3.05) is 20.7 Å². The van der Waals surface area contributed by atoms with Crippen molar-refractivity contribution in [2.45, 2.75) is 26.3 Å². The first-order chi connectivity index (χ1) is 8.06. The highest BCUT2D eigenvalue weighted by atomic mass is 16.5. The summed E-state index contributed by atoms with van der Waals surface area (Å²) in [6.07, 6.45) is 0.969. The van der Waals surface area contributed by atoms with Gasteiger partial charge in [0.15, 0.2) is 0 Å². The van der Waals surface area contributed by atoms with Crippen LogP contribution in [0.5, 0.6) is 5.75 Å². The van der Waals surface area contributed by atoms with Crippen LogP contribution in [0.1, 0.15) is 31.9 Å². The van der Waals surface area contributed by atoms with Gasteiger partial charge >= 0.3 is 0 Å². The van der Waals surface area contributed by atoms with Gasteiger partial charge in [0.1, 0.15) is 5.75 Å². The maximum atomic E-state index is 5.70. The van der Waals surface area contributed by atoms with E-state index in [-0.39, 0.29) is 11.5 Å². The fourth-order valence-corrected chi connectivity index (χ4v) is 2.39. The van der Waals surface area contributed by atoms with Gasteiger partial charge in [0.05, 0.1) is 7.11 Å². The van der Waals surface area contributed by atoms with Crippen LogP contribution >= 0.6 is 0 Å². The van der Waals surface area contributed by atoms with E-state index in [4.69, 9.17) is 10.5 Å². The normalized spacial score (nSPS) is 13.5. The first-order valence-corrected chi connectivity index (χ1v) is 6.07. The van der Waals surface area contributed by atoms with Gasteiger partial charge in [0.25, 0.3) is 0 Å². The van der Waals surface area contributed by atoms with Gasteiger partial charge in [-0.1, -0.05) is 32.0 Å². The average molecular weight is 236 g/mol. The molecule has 1 aromatic carbocycles. The molecule has 0 spiro atoms. The highest BCUT2D eigenvalue weighted by molar-refractivity contribution is 5.36. The molecule has 0 aromatic heterocycles. The predicted molar refractivity (Wildman–Crippen MR) is 72.2 cm³/mol. The van der Waals surface area contributed by atoms with Crippen molar-refractivity contribution in [1.29, 1.82) is 0 Å². The standard InChI is InChI=1S/C14H24N2O/c1-14(2,9-10-15)13(16-3)11-7-5-6-8-12(11)17-4/h5-8,13,16H,9-10,15H2,1-4H3. The van der Waals surface area contributed by atoms with Crippen molar-refractivity contribution in [3.63, 3.8) is 0 Å². The van der Waals surface area contributed by atoms with Crippen LogP contribution in [0.4, 0.5) is 0 Å². The lowest BCUT2D eigenvalue weighted by molar-refractivity contribution is 0.234. The molecule has 17 heavy (non-hydrogen) atoms. The highest BCUT2D eigenvalue weighted by Gasteiger charge is 2.30. The van der Waals surface area contributed by atoms with Crippen LogP contribution in [-0.4, -0.2) is 20.7 Å². The van der Waals surface area contributed by atoms with Crippen molar-refractivity contribution in [3.8, 4) is 5.75 Å². The monoisotopic (exact) mass is 236 g/mol. The van der Waals surface area contributed by atoms with Gasteiger partial charge < -0.3 is 15.8 Å². The van der Waals surface area contributed by atoms with Crippen molar-refractivity contribution >= 4 is 0 Å². The van der Waals surface area contributed by atoms with E-state index in [0.717, 1.165) is 12.2 Å². The van der Waals surface area contributed by atoms with Gasteiger partial charge in [-0.05, 0) is 31.5 Å². The Morgan fingerprint density at radius 2 is 2.00 bits per heavy atom. The summed E-state index contributed by atoms with van der Waals surface area (Å²) in [7, 11) is 3.69. The SMILES string of the molecule is CNC(c1ccccc1OC)C(C)(C)CCN. The first-order valence-electron chi connectivity index (χ1n) is 6.07. The molecular formula is C14H24N2O. The van der Waals surface area contributed by atoms with Gasteiger partial charge in [-0.3, -0.25) is 0 Å². The summed E-state index contributed by atoms with van der Waals surface area (Å²) >= 11 is 0. The molecule has 0 aliphatic carbocycles. The van der Waals surface area contributed by atoms with E-state index in [1.807, 2.05) is 25.2 Å². The molecule has 0 saturated heterocycles. The average Bonchev–Trinajstić information content (AvgIpc) is 2.30. The van der Waals surface area contributed by atoms with Crippen molar-refractivity contribution in [2.24, 2.45) is 11.1 Å². The second kappa shape index (κ2) is 6.03. The molecule has 96 valence electrons. The van der Waals surface area contributed by atoms with Crippen molar-refractivity contribution in [3.05, 3.63) is 29.8 Å². The van der Waals surface area contributed by atoms with Gasteiger partial charge in [-0.2, -0.15) is 0 Å². The fourth-order valence-electron chi connectivity index (χ4n) is 2.39. The zero-order chi connectivity index (χ0) is 12.9. The van der Waals surface area contributed by atoms with Crippen LogP contribution < -0.4 is 15.8 Å². The Labute approximate surface area is 104 Å². The fraction of sp³-hybridized carbons (Fsp3) is 0.571. The topological polar surface area (TPSA) is 47.3 Å². The number of ether oxygens (including phenoxy) is 1. The first kappa shape index (κ1) is 14.0. The van der Waals surface area contributed by atoms with Crippen LogP contribution in [0.25, 0.3) is 0 Å². The number of nitrogens with one attached hydrogen (secondary N) is 1. The number of para-hydroxylation sites is 1. The largest absolute Gasteiger partial charge is 0.496 e. The quantitative estimate of drug-likeness (QED) is 0.797. The highest BCUT2D eigenvalue weighted by Crippen LogP contribution is 2.39. The number of hydrogen-bond donors (Lipinski definition) is 2. The second-order valence-corrected chi connectivity index (χ2v) is 4.99. The van der Waals surface area contributed by atoms with Gasteiger partial charge in [-0.25, -0.2) is 0 Å². The summed E-state index contributed by atoms with van der Waals surface area (Å²) in [6, 6.07) is 8.38. The van der Waals surface area contributed by atoms with E-state index in [0.29, 0.717) is 6.54 Å². The van der Waals surface area contributed by atoms with E-state index in [9.17, 15) is 0 Å². The van der Waals surface area contributed by atoms with E-state index in [1.54, 1.807) is 7.11 Å². The molecule has 1 aromatic rings.